The van der Waals surface area contributed by atoms with E-state index < -0.39 is 18.0 Å². The maximum absolute atomic E-state index is 11.6. The fraction of sp³-hybridized carbons (Fsp3) is 0.467. The molecule has 1 saturated heterocycles. The topological polar surface area (TPSA) is 63.6 Å². The molecule has 1 fully saturated rings. The molecule has 0 amide bonds. The fourth-order valence-electron chi connectivity index (χ4n) is 1.93. The summed E-state index contributed by atoms with van der Waals surface area (Å²) in [5, 5.41) is 10.0. The van der Waals surface area contributed by atoms with Gasteiger partial charge in [-0.2, -0.15) is 0 Å². The van der Waals surface area contributed by atoms with E-state index in [0.29, 0.717) is 0 Å². The number of aliphatic hydroxyl groups is 1. The van der Waals surface area contributed by atoms with Crippen LogP contribution in [-0.2, 0) is 14.3 Å². The Morgan fingerprint density at radius 3 is 2.63 bits per heavy atom. The molecular weight excluding hydrogens is 244 g/mol. The van der Waals surface area contributed by atoms with E-state index in [0.717, 1.165) is 11.1 Å². The minimum atomic E-state index is -0.849. The highest BCUT2D eigenvalue weighted by molar-refractivity contribution is 5.92. The molecule has 0 unspecified atom stereocenters. The molecule has 0 saturated carbocycles. The molecule has 0 aromatic heterocycles. The minimum Gasteiger partial charge on any atom is -0.462 e. The van der Waals surface area contributed by atoms with Crippen molar-refractivity contribution < 1.29 is 19.4 Å². The molecule has 0 spiro atoms. The monoisotopic (exact) mass is 264 g/mol. The predicted molar refractivity (Wildman–Crippen MR) is 72.4 cm³/mol. The first kappa shape index (κ1) is 15.4. The van der Waals surface area contributed by atoms with E-state index in [-0.39, 0.29) is 24.4 Å². The number of carbonyl (C=O) groups excluding carboxylic acids is 2. The second kappa shape index (κ2) is 6.48. The van der Waals surface area contributed by atoms with Crippen LogP contribution in [0.1, 0.15) is 27.2 Å². The van der Waals surface area contributed by atoms with Gasteiger partial charge in [-0.15, -0.1) is 0 Å². The quantitative estimate of drug-likeness (QED) is 0.468. The van der Waals surface area contributed by atoms with Crippen LogP contribution in [0.4, 0.5) is 0 Å². The summed E-state index contributed by atoms with van der Waals surface area (Å²) in [5.41, 5.74) is 2.00. The van der Waals surface area contributed by atoms with Gasteiger partial charge in [-0.3, -0.25) is 4.79 Å². The number of aliphatic hydroxyl groups excluding tert-OH is 1. The van der Waals surface area contributed by atoms with Crippen molar-refractivity contribution in [3.05, 3.63) is 35.5 Å². The van der Waals surface area contributed by atoms with Gasteiger partial charge in [0, 0.05) is 12.0 Å². The summed E-state index contributed by atoms with van der Waals surface area (Å²) in [5.74, 6) is -0.879. The van der Waals surface area contributed by atoms with Gasteiger partial charge in [-0.1, -0.05) is 23.8 Å². The Morgan fingerprint density at radius 1 is 1.53 bits per heavy atom. The van der Waals surface area contributed by atoms with Crippen molar-refractivity contribution in [3.63, 3.8) is 0 Å². The normalized spacial score (nSPS) is 21.1. The van der Waals surface area contributed by atoms with Gasteiger partial charge in [0.05, 0.1) is 12.0 Å². The van der Waals surface area contributed by atoms with E-state index in [1.165, 1.54) is 0 Å². The van der Waals surface area contributed by atoms with Crippen LogP contribution in [-0.4, -0.2) is 29.6 Å². The average Bonchev–Trinajstić information content (AvgIpc) is 2.57. The summed E-state index contributed by atoms with van der Waals surface area (Å²) in [6.45, 7) is 9.24. The lowest BCUT2D eigenvalue weighted by Crippen LogP contribution is -2.20. The number of ketones is 1. The Hall–Kier alpha value is -1.68. The number of rotatable bonds is 5. The lowest BCUT2D eigenvalue weighted by Gasteiger charge is -2.13. The van der Waals surface area contributed by atoms with Gasteiger partial charge in [0.1, 0.15) is 6.61 Å². The summed E-state index contributed by atoms with van der Waals surface area (Å²) >= 11 is 0. The number of cyclic esters (lactones) is 1. The Labute approximate surface area is 113 Å². The molecule has 1 heterocycles. The number of hydrogen-bond donors (Lipinski definition) is 1. The first-order chi connectivity index (χ1) is 8.81. The van der Waals surface area contributed by atoms with Gasteiger partial charge in [0.15, 0.2) is 5.78 Å². The lowest BCUT2D eigenvalue weighted by molar-refractivity contribution is -0.135. The van der Waals surface area contributed by atoms with Crippen LogP contribution in [0.15, 0.2) is 35.5 Å². The second-order valence-corrected chi connectivity index (χ2v) is 5.10. The van der Waals surface area contributed by atoms with Gasteiger partial charge in [0.25, 0.3) is 0 Å². The Bertz CT molecular complexity index is 453. The molecular formula is C15H20O4. The van der Waals surface area contributed by atoms with Gasteiger partial charge >= 0.3 is 5.97 Å². The van der Waals surface area contributed by atoms with Crippen LogP contribution < -0.4 is 0 Å². The molecule has 4 heteroatoms. The standard InChI is InChI=1S/C15H20O4/c1-9(2)5-12(16)6-10(3)7-14(17)13-8-19-15(18)11(13)4/h5,7,13-14,17H,4,6,8H2,1-3H3/b10-7+/t13-,14+/m0/s1. The Balaban J connectivity index is 2.64. The van der Waals surface area contributed by atoms with Crippen LogP contribution in [0.2, 0.25) is 0 Å². The van der Waals surface area contributed by atoms with Crippen LogP contribution in [0.25, 0.3) is 0 Å². The molecule has 0 bridgehead atoms. The Morgan fingerprint density at radius 2 is 2.16 bits per heavy atom. The summed E-state index contributed by atoms with van der Waals surface area (Å²) < 4.78 is 4.81. The van der Waals surface area contributed by atoms with Gasteiger partial charge < -0.3 is 9.84 Å². The molecule has 1 aliphatic heterocycles. The van der Waals surface area contributed by atoms with Crippen LogP contribution in [0.3, 0.4) is 0 Å². The van der Waals surface area contributed by atoms with Gasteiger partial charge in [-0.05, 0) is 26.8 Å². The van der Waals surface area contributed by atoms with Crippen molar-refractivity contribution in [3.8, 4) is 0 Å². The molecule has 1 aliphatic rings. The van der Waals surface area contributed by atoms with E-state index in [1.54, 1.807) is 19.1 Å². The van der Waals surface area contributed by atoms with Gasteiger partial charge in [0.2, 0.25) is 0 Å². The third-order valence-electron chi connectivity index (χ3n) is 2.87. The van der Waals surface area contributed by atoms with Crippen LogP contribution in [0, 0.1) is 5.92 Å². The summed E-state index contributed by atoms with van der Waals surface area (Å²) in [6, 6.07) is 0. The van der Waals surface area contributed by atoms with Crippen molar-refractivity contribution in [2.75, 3.05) is 6.61 Å². The zero-order valence-corrected chi connectivity index (χ0v) is 11.6. The van der Waals surface area contributed by atoms with Crippen LogP contribution >= 0.6 is 0 Å². The van der Waals surface area contributed by atoms with E-state index in [4.69, 9.17) is 4.74 Å². The largest absolute Gasteiger partial charge is 0.462 e. The van der Waals surface area contributed by atoms with Crippen molar-refractivity contribution in [1.82, 2.24) is 0 Å². The molecule has 1 N–H and O–H groups in total. The van der Waals surface area contributed by atoms with E-state index in [9.17, 15) is 14.7 Å². The SMILES string of the molecule is C=C1C(=O)OC[C@@H]1[C@H](O)/C=C(\C)CC(=O)C=C(C)C. The summed E-state index contributed by atoms with van der Waals surface area (Å²) in [4.78, 5) is 22.7. The third kappa shape index (κ3) is 4.48. The molecule has 0 aromatic rings. The van der Waals surface area contributed by atoms with Crippen molar-refractivity contribution in [2.24, 2.45) is 5.92 Å². The van der Waals surface area contributed by atoms with Gasteiger partial charge in [-0.25, -0.2) is 4.79 Å². The molecule has 2 atom stereocenters. The average molecular weight is 264 g/mol. The maximum Gasteiger partial charge on any atom is 0.333 e. The fourth-order valence-corrected chi connectivity index (χ4v) is 1.93. The number of ether oxygens (including phenoxy) is 1. The molecule has 0 aliphatic carbocycles. The summed E-state index contributed by atoms with van der Waals surface area (Å²) in [6.07, 6.45) is 2.58. The highest BCUT2D eigenvalue weighted by Gasteiger charge is 2.33. The van der Waals surface area contributed by atoms with Crippen molar-refractivity contribution in [2.45, 2.75) is 33.3 Å². The minimum absolute atomic E-state index is 0.00137. The van der Waals surface area contributed by atoms with Crippen molar-refractivity contribution in [1.29, 1.82) is 0 Å². The zero-order chi connectivity index (χ0) is 14.6. The van der Waals surface area contributed by atoms with Crippen molar-refractivity contribution >= 4 is 11.8 Å². The zero-order valence-electron chi connectivity index (χ0n) is 11.6. The highest BCUT2D eigenvalue weighted by atomic mass is 16.5. The van der Waals surface area contributed by atoms with E-state index >= 15 is 0 Å². The first-order valence-electron chi connectivity index (χ1n) is 6.20. The molecule has 0 aromatic carbocycles. The number of esters is 1. The predicted octanol–water partition coefficient (Wildman–Crippen LogP) is 1.95. The van der Waals surface area contributed by atoms with E-state index in [1.807, 2.05) is 13.8 Å². The first-order valence-corrected chi connectivity index (χ1v) is 6.20. The summed E-state index contributed by atoms with van der Waals surface area (Å²) in [7, 11) is 0. The lowest BCUT2D eigenvalue weighted by atomic mass is 9.95. The smallest absolute Gasteiger partial charge is 0.333 e. The Kier molecular flexibility index (Phi) is 5.24. The van der Waals surface area contributed by atoms with E-state index in [2.05, 4.69) is 6.58 Å². The molecule has 1 rings (SSSR count). The maximum atomic E-state index is 11.6. The third-order valence-corrected chi connectivity index (χ3v) is 2.87. The van der Waals surface area contributed by atoms with Crippen LogP contribution in [0.5, 0.6) is 0 Å². The number of allylic oxidation sites excluding steroid dienone is 3. The molecule has 0 radical (unpaired) electrons. The molecule has 19 heavy (non-hydrogen) atoms. The molecule has 4 nitrogen and oxygen atoms in total. The number of carbonyl (C=O) groups is 2. The molecule has 104 valence electrons. The number of hydrogen-bond acceptors (Lipinski definition) is 4. The highest BCUT2D eigenvalue weighted by Crippen LogP contribution is 2.24. The second-order valence-electron chi connectivity index (χ2n) is 5.10.